The molecule has 6 nitrogen and oxygen atoms in total. The van der Waals surface area contributed by atoms with E-state index in [4.69, 9.17) is 4.74 Å². The van der Waals surface area contributed by atoms with Gasteiger partial charge in [0.15, 0.2) is 0 Å². The summed E-state index contributed by atoms with van der Waals surface area (Å²) in [4.78, 5) is 12.5. The van der Waals surface area contributed by atoms with Crippen LogP contribution >= 0.6 is 0 Å². The fourth-order valence-corrected chi connectivity index (χ4v) is 4.15. The minimum absolute atomic E-state index is 0.0211. The van der Waals surface area contributed by atoms with Crippen molar-refractivity contribution in [1.29, 1.82) is 0 Å². The highest BCUT2D eigenvalue weighted by Gasteiger charge is 2.23. The first-order chi connectivity index (χ1) is 13.2. The summed E-state index contributed by atoms with van der Waals surface area (Å²) in [6.07, 6.45) is 0.596. The van der Waals surface area contributed by atoms with Crippen LogP contribution in [0.25, 0.3) is 0 Å². The highest BCUT2D eigenvalue weighted by Crippen LogP contribution is 2.25. The van der Waals surface area contributed by atoms with Gasteiger partial charge in [0.1, 0.15) is 5.75 Å². The van der Waals surface area contributed by atoms with E-state index in [1.807, 2.05) is 52.0 Å². The number of aryl methyl sites for hydroxylation is 1. The van der Waals surface area contributed by atoms with E-state index in [0.717, 1.165) is 11.1 Å². The third-order valence-electron chi connectivity index (χ3n) is 4.33. The van der Waals surface area contributed by atoms with Gasteiger partial charge < -0.3 is 10.1 Å². The topological polar surface area (TPSA) is 84.5 Å². The maximum absolute atomic E-state index is 13.0. The molecule has 0 radical (unpaired) electrons. The van der Waals surface area contributed by atoms with Gasteiger partial charge in [0.25, 0.3) is 5.91 Å². The predicted molar refractivity (Wildman–Crippen MR) is 110 cm³/mol. The molecule has 1 unspecified atom stereocenters. The largest absolute Gasteiger partial charge is 0.496 e. The molecule has 152 valence electrons. The fourth-order valence-electron chi connectivity index (χ4n) is 2.81. The predicted octanol–water partition coefficient (Wildman–Crippen LogP) is 3.57. The molecular formula is C21H28N2O4S. The van der Waals surface area contributed by atoms with Crippen LogP contribution in [0.4, 0.5) is 0 Å². The van der Waals surface area contributed by atoms with Gasteiger partial charge in [-0.3, -0.25) is 4.79 Å². The Morgan fingerprint density at radius 3 is 2.29 bits per heavy atom. The maximum atomic E-state index is 13.0. The Bertz CT molecular complexity index is 922. The molecule has 0 aliphatic carbocycles. The summed E-state index contributed by atoms with van der Waals surface area (Å²) in [5.74, 6) is -0.0582. The Kier molecular flexibility index (Phi) is 7.21. The second-order valence-corrected chi connectivity index (χ2v) is 8.70. The molecule has 0 saturated heterocycles. The third-order valence-corrected chi connectivity index (χ3v) is 5.80. The van der Waals surface area contributed by atoms with Crippen LogP contribution in [-0.4, -0.2) is 27.5 Å². The number of nitrogens with one attached hydrogen (secondary N) is 2. The molecule has 0 heterocycles. The van der Waals surface area contributed by atoms with Gasteiger partial charge in [-0.25, -0.2) is 13.1 Å². The van der Waals surface area contributed by atoms with E-state index in [1.54, 1.807) is 0 Å². The van der Waals surface area contributed by atoms with Crippen LogP contribution in [0.3, 0.4) is 0 Å². The quantitative estimate of drug-likeness (QED) is 0.704. The number of carbonyl (C=O) groups is 1. The van der Waals surface area contributed by atoms with E-state index < -0.39 is 10.0 Å². The van der Waals surface area contributed by atoms with Gasteiger partial charge in [0.05, 0.1) is 17.6 Å². The number of ether oxygens (including phenoxy) is 1. The Morgan fingerprint density at radius 2 is 1.75 bits per heavy atom. The molecule has 0 aliphatic heterocycles. The van der Waals surface area contributed by atoms with Crippen LogP contribution in [0.2, 0.25) is 0 Å². The number of hydrogen-bond acceptors (Lipinski definition) is 4. The number of carbonyl (C=O) groups excluding carboxylic acids is 1. The first-order valence-corrected chi connectivity index (χ1v) is 10.7. The van der Waals surface area contributed by atoms with Gasteiger partial charge in [-0.05, 0) is 51.0 Å². The second-order valence-electron chi connectivity index (χ2n) is 6.98. The number of benzene rings is 2. The zero-order valence-corrected chi connectivity index (χ0v) is 17.8. The normalized spacial score (nSPS) is 12.6. The van der Waals surface area contributed by atoms with E-state index in [9.17, 15) is 13.2 Å². The van der Waals surface area contributed by atoms with Gasteiger partial charge in [-0.15, -0.1) is 0 Å². The van der Waals surface area contributed by atoms with Crippen LogP contribution < -0.4 is 14.8 Å². The van der Waals surface area contributed by atoms with E-state index in [2.05, 4.69) is 10.0 Å². The van der Waals surface area contributed by atoms with Gasteiger partial charge in [0.2, 0.25) is 10.0 Å². The molecule has 0 saturated carbocycles. The molecule has 1 atom stereocenters. The zero-order chi connectivity index (χ0) is 20.9. The lowest BCUT2D eigenvalue weighted by Crippen LogP contribution is -2.31. The van der Waals surface area contributed by atoms with Crippen molar-refractivity contribution in [2.24, 2.45) is 0 Å². The highest BCUT2D eigenvalue weighted by atomic mass is 32.2. The summed E-state index contributed by atoms with van der Waals surface area (Å²) in [7, 11) is -2.38. The lowest BCUT2D eigenvalue weighted by molar-refractivity contribution is 0.0940. The van der Waals surface area contributed by atoms with Crippen LogP contribution in [0.5, 0.6) is 5.75 Å². The van der Waals surface area contributed by atoms with Gasteiger partial charge in [-0.2, -0.15) is 0 Å². The molecule has 1 amide bonds. The van der Waals surface area contributed by atoms with E-state index >= 15 is 0 Å². The first kappa shape index (κ1) is 21.9. The van der Waals surface area contributed by atoms with E-state index in [0.29, 0.717) is 12.2 Å². The number of methoxy groups -OCH3 is 1. The summed E-state index contributed by atoms with van der Waals surface area (Å²) in [5, 5.41) is 2.76. The van der Waals surface area contributed by atoms with Crippen LogP contribution in [0.1, 0.15) is 54.7 Å². The Morgan fingerprint density at radius 1 is 1.11 bits per heavy atom. The van der Waals surface area contributed by atoms with Crippen LogP contribution in [0, 0.1) is 6.92 Å². The van der Waals surface area contributed by atoms with Crippen molar-refractivity contribution >= 4 is 15.9 Å². The molecule has 2 N–H and O–H groups in total. The number of sulfonamides is 1. The molecular weight excluding hydrogens is 376 g/mol. The molecule has 28 heavy (non-hydrogen) atoms. The van der Waals surface area contributed by atoms with Gasteiger partial charge in [0, 0.05) is 12.1 Å². The molecule has 2 aromatic rings. The fraction of sp³-hybridized carbons (Fsp3) is 0.381. The summed E-state index contributed by atoms with van der Waals surface area (Å²) in [6.45, 7) is 7.57. The smallest absolute Gasteiger partial charge is 0.255 e. The van der Waals surface area contributed by atoms with Crippen molar-refractivity contribution in [2.45, 2.75) is 51.1 Å². The van der Waals surface area contributed by atoms with Crippen molar-refractivity contribution in [2.75, 3.05) is 7.11 Å². The molecule has 7 heteroatoms. The zero-order valence-electron chi connectivity index (χ0n) is 16.9. The van der Waals surface area contributed by atoms with Gasteiger partial charge in [-0.1, -0.05) is 36.8 Å². The Hall–Kier alpha value is -2.38. The summed E-state index contributed by atoms with van der Waals surface area (Å²) >= 11 is 0. The lowest BCUT2D eigenvalue weighted by atomic mass is 10.0. The summed E-state index contributed by atoms with van der Waals surface area (Å²) < 4.78 is 33.9. The monoisotopic (exact) mass is 404 g/mol. The SMILES string of the molecule is CCC(NS(=O)(=O)c1ccc(OC)c(C(=O)NC(C)C)c1)c1ccc(C)cc1. The molecule has 0 aromatic heterocycles. The van der Waals surface area contributed by atoms with Crippen molar-refractivity contribution in [3.63, 3.8) is 0 Å². The van der Waals surface area contributed by atoms with Gasteiger partial charge >= 0.3 is 0 Å². The number of hydrogen-bond donors (Lipinski definition) is 2. The average molecular weight is 405 g/mol. The Labute approximate surface area is 167 Å². The third kappa shape index (κ3) is 5.33. The van der Waals surface area contributed by atoms with Crippen molar-refractivity contribution in [3.8, 4) is 5.75 Å². The molecule has 0 bridgehead atoms. The van der Waals surface area contributed by atoms with Crippen molar-refractivity contribution in [1.82, 2.24) is 10.0 Å². The van der Waals surface area contributed by atoms with Crippen molar-refractivity contribution < 1.29 is 17.9 Å². The van der Waals surface area contributed by atoms with Crippen LogP contribution in [-0.2, 0) is 10.0 Å². The maximum Gasteiger partial charge on any atom is 0.255 e. The van der Waals surface area contributed by atoms with Crippen molar-refractivity contribution in [3.05, 3.63) is 59.2 Å². The average Bonchev–Trinajstić information content (AvgIpc) is 2.65. The molecule has 0 spiro atoms. The van der Waals surface area contributed by atoms with E-state index in [1.165, 1.54) is 25.3 Å². The molecule has 2 rings (SSSR count). The first-order valence-electron chi connectivity index (χ1n) is 9.25. The second kappa shape index (κ2) is 9.21. The molecule has 2 aromatic carbocycles. The Balaban J connectivity index is 2.36. The highest BCUT2D eigenvalue weighted by molar-refractivity contribution is 7.89. The summed E-state index contributed by atoms with van der Waals surface area (Å²) in [6, 6.07) is 11.6. The van der Waals surface area contributed by atoms with E-state index in [-0.39, 0.29) is 28.4 Å². The molecule has 0 fully saturated rings. The number of rotatable bonds is 8. The minimum atomic E-state index is -3.82. The summed E-state index contributed by atoms with van der Waals surface area (Å²) in [5.41, 5.74) is 2.18. The standard InChI is InChI=1S/C21H28N2O4S/c1-6-19(16-9-7-15(4)8-10-16)23-28(25,26)17-11-12-20(27-5)18(13-17)21(24)22-14(2)3/h7-14,19,23H,6H2,1-5H3,(H,22,24). The molecule has 0 aliphatic rings. The van der Waals surface area contributed by atoms with Crippen LogP contribution in [0.15, 0.2) is 47.4 Å². The lowest BCUT2D eigenvalue weighted by Gasteiger charge is -2.19. The minimum Gasteiger partial charge on any atom is -0.496 e. The number of amides is 1.